The van der Waals surface area contributed by atoms with E-state index in [4.69, 9.17) is 0 Å². The van der Waals surface area contributed by atoms with Crippen molar-refractivity contribution in [1.29, 1.82) is 0 Å². The van der Waals surface area contributed by atoms with E-state index in [0.29, 0.717) is 19.4 Å². The van der Waals surface area contributed by atoms with Gasteiger partial charge in [-0.05, 0) is 44.5 Å². The van der Waals surface area contributed by atoms with Gasteiger partial charge < -0.3 is 15.5 Å². The molecule has 28 heavy (non-hydrogen) atoms. The fourth-order valence-corrected chi connectivity index (χ4v) is 3.53. The number of hydrogen-bond donors (Lipinski definition) is 2. The summed E-state index contributed by atoms with van der Waals surface area (Å²) in [5, 5.41) is 6.68. The van der Waals surface area contributed by atoms with Crippen molar-refractivity contribution in [3.63, 3.8) is 0 Å². The van der Waals surface area contributed by atoms with Crippen LogP contribution in [0.15, 0.2) is 36.4 Å². The number of carbonyl (C=O) groups is 2. The molecule has 3 rings (SSSR count). The molecule has 2 aromatic rings. The predicted molar refractivity (Wildman–Crippen MR) is 111 cm³/mol. The topological polar surface area (TPSA) is 74.3 Å². The Balaban J connectivity index is 1.31. The van der Waals surface area contributed by atoms with Gasteiger partial charge >= 0.3 is 0 Å². The lowest BCUT2D eigenvalue weighted by Gasteiger charge is -2.19. The molecule has 0 radical (unpaired) electrons. The molecule has 1 aliphatic heterocycles. The van der Waals surface area contributed by atoms with Gasteiger partial charge in [-0.3, -0.25) is 14.6 Å². The summed E-state index contributed by atoms with van der Waals surface area (Å²) < 4.78 is 0. The summed E-state index contributed by atoms with van der Waals surface area (Å²) in [6.45, 7) is 3.79. The Bertz CT molecular complexity index is 785. The van der Waals surface area contributed by atoms with Gasteiger partial charge in [-0.25, -0.2) is 0 Å². The second-order valence-corrected chi connectivity index (χ2v) is 7.38. The lowest BCUT2D eigenvalue weighted by Crippen LogP contribution is -2.40. The zero-order valence-corrected chi connectivity index (χ0v) is 16.5. The number of rotatable bonds is 8. The molecule has 0 unspecified atom stereocenters. The van der Waals surface area contributed by atoms with E-state index in [-0.39, 0.29) is 18.4 Å². The molecule has 0 saturated carbocycles. The molecule has 2 heterocycles. The van der Waals surface area contributed by atoms with Gasteiger partial charge in [0.05, 0.1) is 12.1 Å². The van der Waals surface area contributed by atoms with Crippen molar-refractivity contribution in [1.82, 2.24) is 20.5 Å². The van der Waals surface area contributed by atoms with E-state index in [0.717, 1.165) is 36.2 Å². The number of carbonyl (C=O) groups excluding carboxylic acids is 2. The van der Waals surface area contributed by atoms with Crippen LogP contribution in [0.3, 0.4) is 0 Å². The van der Waals surface area contributed by atoms with E-state index in [2.05, 4.69) is 20.5 Å². The van der Waals surface area contributed by atoms with Crippen LogP contribution in [0, 0.1) is 0 Å². The van der Waals surface area contributed by atoms with Gasteiger partial charge in [0, 0.05) is 30.6 Å². The summed E-state index contributed by atoms with van der Waals surface area (Å²) in [6, 6.07) is 11.9. The van der Waals surface area contributed by atoms with Crippen LogP contribution in [-0.4, -0.2) is 54.4 Å². The predicted octanol–water partition coefficient (Wildman–Crippen LogP) is 2.28. The van der Waals surface area contributed by atoms with Crippen molar-refractivity contribution in [3.8, 4) is 0 Å². The van der Waals surface area contributed by atoms with Crippen LogP contribution in [0.2, 0.25) is 0 Å². The summed E-state index contributed by atoms with van der Waals surface area (Å²) in [4.78, 5) is 30.9. The summed E-state index contributed by atoms with van der Waals surface area (Å²) in [6.07, 6.45) is 6.00. The Morgan fingerprint density at radius 2 is 1.71 bits per heavy atom. The number of nitrogens with one attached hydrogen (secondary N) is 2. The van der Waals surface area contributed by atoms with Gasteiger partial charge in [0.2, 0.25) is 11.8 Å². The molecule has 1 aromatic heterocycles. The zero-order valence-electron chi connectivity index (χ0n) is 16.5. The molecule has 2 N–H and O–H groups in total. The number of amides is 2. The maximum absolute atomic E-state index is 12.0. The first-order valence-electron chi connectivity index (χ1n) is 10.3. The molecule has 1 aliphatic rings. The molecule has 6 heteroatoms. The van der Waals surface area contributed by atoms with Crippen molar-refractivity contribution < 1.29 is 9.59 Å². The molecular formula is C22H30N4O2. The third-order valence-corrected chi connectivity index (χ3v) is 5.16. The summed E-state index contributed by atoms with van der Waals surface area (Å²) in [5.74, 6) is -0.260. The number of nitrogens with zero attached hydrogens (tertiary/aromatic N) is 2. The SMILES string of the molecule is O=C(CCc1ccc2ccccc2n1)NCC(=O)NCCN1CCCCCC1. The highest BCUT2D eigenvalue weighted by Crippen LogP contribution is 2.12. The number of para-hydroxylation sites is 1. The number of hydrogen-bond acceptors (Lipinski definition) is 4. The van der Waals surface area contributed by atoms with E-state index in [1.54, 1.807) is 0 Å². The third-order valence-electron chi connectivity index (χ3n) is 5.16. The quantitative estimate of drug-likeness (QED) is 0.735. The molecule has 6 nitrogen and oxygen atoms in total. The second kappa shape index (κ2) is 10.8. The first-order chi connectivity index (χ1) is 13.7. The number of aromatic nitrogens is 1. The Labute approximate surface area is 166 Å². The van der Waals surface area contributed by atoms with E-state index in [1.165, 1.54) is 25.7 Å². The molecular weight excluding hydrogens is 352 g/mol. The largest absolute Gasteiger partial charge is 0.353 e. The number of aryl methyl sites for hydroxylation is 1. The molecule has 150 valence electrons. The minimum Gasteiger partial charge on any atom is -0.353 e. The molecule has 1 saturated heterocycles. The number of benzene rings is 1. The van der Waals surface area contributed by atoms with Crippen LogP contribution in [-0.2, 0) is 16.0 Å². The smallest absolute Gasteiger partial charge is 0.239 e. The molecule has 0 atom stereocenters. The van der Waals surface area contributed by atoms with Gasteiger partial charge in [-0.15, -0.1) is 0 Å². The summed E-state index contributed by atoms with van der Waals surface area (Å²) >= 11 is 0. The Morgan fingerprint density at radius 1 is 0.929 bits per heavy atom. The van der Waals surface area contributed by atoms with Gasteiger partial charge in [0.25, 0.3) is 0 Å². The average Bonchev–Trinajstić information content (AvgIpc) is 2.99. The maximum Gasteiger partial charge on any atom is 0.239 e. The molecule has 2 amide bonds. The van der Waals surface area contributed by atoms with E-state index < -0.39 is 0 Å². The number of pyridine rings is 1. The van der Waals surface area contributed by atoms with Crippen LogP contribution in [0.5, 0.6) is 0 Å². The van der Waals surface area contributed by atoms with Gasteiger partial charge in [0.15, 0.2) is 0 Å². The average molecular weight is 383 g/mol. The highest BCUT2D eigenvalue weighted by molar-refractivity contribution is 5.84. The van der Waals surface area contributed by atoms with Gasteiger partial charge in [-0.2, -0.15) is 0 Å². The molecule has 0 bridgehead atoms. The Kier molecular flexibility index (Phi) is 7.79. The number of likely N-dealkylation sites (tertiary alicyclic amines) is 1. The summed E-state index contributed by atoms with van der Waals surface area (Å²) in [7, 11) is 0. The van der Waals surface area contributed by atoms with Crippen molar-refractivity contribution >= 4 is 22.7 Å². The van der Waals surface area contributed by atoms with Crippen molar-refractivity contribution in [3.05, 3.63) is 42.1 Å². The van der Waals surface area contributed by atoms with E-state index in [1.807, 2.05) is 36.4 Å². The van der Waals surface area contributed by atoms with Crippen LogP contribution < -0.4 is 10.6 Å². The standard InChI is InChI=1S/C22H30N4O2/c27-21(12-11-19-10-9-18-7-3-4-8-20(18)25-19)24-17-22(28)23-13-16-26-14-5-1-2-6-15-26/h3-4,7-10H,1-2,5-6,11-17H2,(H,23,28)(H,24,27). The minimum atomic E-state index is -0.132. The van der Waals surface area contributed by atoms with Crippen molar-refractivity contribution in [2.24, 2.45) is 0 Å². The second-order valence-electron chi connectivity index (χ2n) is 7.38. The molecule has 0 spiro atoms. The van der Waals surface area contributed by atoms with Crippen LogP contribution in [0.4, 0.5) is 0 Å². The van der Waals surface area contributed by atoms with Crippen LogP contribution in [0.1, 0.15) is 37.8 Å². The fraction of sp³-hybridized carbons (Fsp3) is 0.500. The monoisotopic (exact) mass is 382 g/mol. The van der Waals surface area contributed by atoms with Gasteiger partial charge in [0.1, 0.15) is 0 Å². The first kappa shape index (κ1) is 20.3. The molecule has 0 aliphatic carbocycles. The normalized spacial score (nSPS) is 15.1. The minimum absolute atomic E-state index is 0.0317. The zero-order chi connectivity index (χ0) is 19.6. The lowest BCUT2D eigenvalue weighted by atomic mass is 10.1. The molecule has 1 aromatic carbocycles. The van der Waals surface area contributed by atoms with Crippen molar-refractivity contribution in [2.45, 2.75) is 38.5 Å². The third kappa shape index (κ3) is 6.60. The molecule has 1 fully saturated rings. The highest BCUT2D eigenvalue weighted by Gasteiger charge is 2.10. The van der Waals surface area contributed by atoms with E-state index >= 15 is 0 Å². The highest BCUT2D eigenvalue weighted by atomic mass is 16.2. The van der Waals surface area contributed by atoms with Crippen LogP contribution >= 0.6 is 0 Å². The first-order valence-corrected chi connectivity index (χ1v) is 10.3. The fourth-order valence-electron chi connectivity index (χ4n) is 3.53. The van der Waals surface area contributed by atoms with E-state index in [9.17, 15) is 9.59 Å². The lowest BCUT2D eigenvalue weighted by molar-refractivity contribution is -0.126. The van der Waals surface area contributed by atoms with Gasteiger partial charge in [-0.1, -0.05) is 37.1 Å². The summed E-state index contributed by atoms with van der Waals surface area (Å²) in [5.41, 5.74) is 1.82. The maximum atomic E-state index is 12.0. The number of fused-ring (bicyclic) bond motifs is 1. The van der Waals surface area contributed by atoms with Crippen LogP contribution in [0.25, 0.3) is 10.9 Å². The Morgan fingerprint density at radius 3 is 2.54 bits per heavy atom. The van der Waals surface area contributed by atoms with Crippen molar-refractivity contribution in [2.75, 3.05) is 32.7 Å². The Hall–Kier alpha value is -2.47.